The molecule has 0 radical (unpaired) electrons. The van der Waals surface area contributed by atoms with E-state index in [9.17, 15) is 17.6 Å². The SMILES string of the molecule is O=C(NCCNS(=O)(=O)c1ccccc1F)C1CC1. The molecule has 1 saturated carbocycles. The molecule has 2 rings (SSSR count). The molecule has 0 heterocycles. The van der Waals surface area contributed by atoms with Gasteiger partial charge in [0, 0.05) is 19.0 Å². The van der Waals surface area contributed by atoms with Crippen molar-refractivity contribution in [1.82, 2.24) is 10.0 Å². The number of hydrogen-bond donors (Lipinski definition) is 2. The van der Waals surface area contributed by atoms with Crippen LogP contribution < -0.4 is 10.0 Å². The zero-order valence-electron chi connectivity index (χ0n) is 10.2. The molecule has 1 aromatic rings. The lowest BCUT2D eigenvalue weighted by Crippen LogP contribution is -2.35. The molecule has 0 aromatic heterocycles. The molecule has 0 saturated heterocycles. The second-order valence-corrected chi connectivity index (χ2v) is 6.13. The molecule has 1 aliphatic rings. The molecule has 0 bridgehead atoms. The van der Waals surface area contributed by atoms with Crippen LogP contribution >= 0.6 is 0 Å². The normalized spacial score (nSPS) is 15.2. The van der Waals surface area contributed by atoms with Crippen molar-refractivity contribution in [3.8, 4) is 0 Å². The van der Waals surface area contributed by atoms with Gasteiger partial charge in [-0.2, -0.15) is 0 Å². The van der Waals surface area contributed by atoms with Gasteiger partial charge >= 0.3 is 0 Å². The topological polar surface area (TPSA) is 75.3 Å². The molecule has 2 N–H and O–H groups in total. The number of benzene rings is 1. The van der Waals surface area contributed by atoms with E-state index in [1.165, 1.54) is 18.2 Å². The molecule has 104 valence electrons. The summed E-state index contributed by atoms with van der Waals surface area (Å²) in [6, 6.07) is 5.15. The van der Waals surface area contributed by atoms with Crippen LogP contribution in [0.2, 0.25) is 0 Å². The van der Waals surface area contributed by atoms with Gasteiger partial charge < -0.3 is 5.32 Å². The minimum atomic E-state index is -3.87. The Kier molecular flexibility index (Phi) is 4.16. The van der Waals surface area contributed by atoms with Crippen molar-refractivity contribution in [3.05, 3.63) is 30.1 Å². The van der Waals surface area contributed by atoms with Crippen molar-refractivity contribution in [3.63, 3.8) is 0 Å². The average molecular weight is 286 g/mol. The Morgan fingerprint density at radius 1 is 1.26 bits per heavy atom. The maximum absolute atomic E-state index is 13.3. The van der Waals surface area contributed by atoms with Crippen molar-refractivity contribution in [2.24, 2.45) is 5.92 Å². The first-order chi connectivity index (χ1) is 9.00. The summed E-state index contributed by atoms with van der Waals surface area (Å²) >= 11 is 0. The van der Waals surface area contributed by atoms with Crippen LogP contribution in [-0.4, -0.2) is 27.4 Å². The number of nitrogens with one attached hydrogen (secondary N) is 2. The molecule has 0 spiro atoms. The first-order valence-electron chi connectivity index (χ1n) is 6.02. The molecule has 7 heteroatoms. The van der Waals surface area contributed by atoms with E-state index >= 15 is 0 Å². The zero-order valence-corrected chi connectivity index (χ0v) is 11.0. The summed E-state index contributed by atoms with van der Waals surface area (Å²) in [6.45, 7) is 0.234. The van der Waals surface area contributed by atoms with Crippen LogP contribution in [0.15, 0.2) is 29.2 Å². The fraction of sp³-hybridized carbons (Fsp3) is 0.417. The van der Waals surface area contributed by atoms with Gasteiger partial charge in [-0.1, -0.05) is 12.1 Å². The van der Waals surface area contributed by atoms with Crippen molar-refractivity contribution >= 4 is 15.9 Å². The monoisotopic (exact) mass is 286 g/mol. The van der Waals surface area contributed by atoms with Crippen molar-refractivity contribution in [2.75, 3.05) is 13.1 Å². The van der Waals surface area contributed by atoms with E-state index in [1.807, 2.05) is 0 Å². The van der Waals surface area contributed by atoms with Crippen molar-refractivity contribution < 1.29 is 17.6 Å². The number of halogens is 1. The van der Waals surface area contributed by atoms with Crippen LogP contribution in [0.3, 0.4) is 0 Å². The summed E-state index contributed by atoms with van der Waals surface area (Å²) in [5.74, 6) is -0.759. The molecule has 19 heavy (non-hydrogen) atoms. The first-order valence-corrected chi connectivity index (χ1v) is 7.51. The average Bonchev–Trinajstić information content (AvgIpc) is 3.19. The van der Waals surface area contributed by atoms with Crippen molar-refractivity contribution in [1.29, 1.82) is 0 Å². The minimum absolute atomic E-state index is 0.0368. The summed E-state index contributed by atoms with van der Waals surface area (Å²) in [5.41, 5.74) is 0. The summed E-state index contributed by atoms with van der Waals surface area (Å²) < 4.78 is 39.2. The van der Waals surface area contributed by atoms with E-state index in [2.05, 4.69) is 10.0 Å². The second kappa shape index (κ2) is 5.66. The molecule has 5 nitrogen and oxygen atoms in total. The molecule has 0 unspecified atom stereocenters. The van der Waals surface area contributed by atoms with E-state index in [0.29, 0.717) is 0 Å². The molecule has 0 aliphatic heterocycles. The molecule has 1 fully saturated rings. The number of hydrogen-bond acceptors (Lipinski definition) is 3. The van der Waals surface area contributed by atoms with Crippen LogP contribution in [0, 0.1) is 11.7 Å². The van der Waals surface area contributed by atoms with E-state index in [1.54, 1.807) is 0 Å². The Morgan fingerprint density at radius 3 is 2.58 bits per heavy atom. The fourth-order valence-corrected chi connectivity index (χ4v) is 2.71. The van der Waals surface area contributed by atoms with Crippen LogP contribution in [0.25, 0.3) is 0 Å². The van der Waals surface area contributed by atoms with Gasteiger partial charge in [0.1, 0.15) is 10.7 Å². The van der Waals surface area contributed by atoms with Gasteiger partial charge in [-0.05, 0) is 25.0 Å². The quantitative estimate of drug-likeness (QED) is 0.753. The van der Waals surface area contributed by atoms with Crippen LogP contribution in [0.4, 0.5) is 4.39 Å². The predicted octanol–water partition coefficient (Wildman–Crippen LogP) is 0.630. The lowest BCUT2D eigenvalue weighted by molar-refractivity contribution is -0.122. The van der Waals surface area contributed by atoms with E-state index < -0.39 is 15.8 Å². The third-order valence-electron chi connectivity index (χ3n) is 2.79. The van der Waals surface area contributed by atoms with Gasteiger partial charge in [-0.3, -0.25) is 4.79 Å². The molecule has 1 aliphatic carbocycles. The third kappa shape index (κ3) is 3.74. The predicted molar refractivity (Wildman–Crippen MR) is 67.3 cm³/mol. The summed E-state index contributed by atoms with van der Waals surface area (Å²) in [6.07, 6.45) is 1.79. The van der Waals surface area contributed by atoms with Gasteiger partial charge in [-0.25, -0.2) is 17.5 Å². The largest absolute Gasteiger partial charge is 0.355 e. The number of rotatable bonds is 6. The van der Waals surface area contributed by atoms with Crippen LogP contribution in [0.1, 0.15) is 12.8 Å². The minimum Gasteiger partial charge on any atom is -0.355 e. The third-order valence-corrected chi connectivity index (χ3v) is 4.28. The summed E-state index contributed by atoms with van der Waals surface area (Å²) in [4.78, 5) is 10.9. The summed E-state index contributed by atoms with van der Waals surface area (Å²) in [5, 5.41) is 2.62. The lowest BCUT2D eigenvalue weighted by atomic mass is 10.4. The second-order valence-electron chi connectivity index (χ2n) is 4.39. The zero-order chi connectivity index (χ0) is 13.9. The highest BCUT2D eigenvalue weighted by atomic mass is 32.2. The Balaban J connectivity index is 1.84. The number of sulfonamides is 1. The van der Waals surface area contributed by atoms with E-state index in [0.717, 1.165) is 18.9 Å². The van der Waals surface area contributed by atoms with Gasteiger partial charge in [-0.15, -0.1) is 0 Å². The van der Waals surface area contributed by atoms with Crippen LogP contribution in [-0.2, 0) is 14.8 Å². The number of amides is 1. The number of carbonyl (C=O) groups is 1. The molecule has 1 aromatic carbocycles. The highest BCUT2D eigenvalue weighted by molar-refractivity contribution is 7.89. The summed E-state index contributed by atoms with van der Waals surface area (Å²) in [7, 11) is -3.87. The van der Waals surface area contributed by atoms with E-state index in [4.69, 9.17) is 0 Å². The van der Waals surface area contributed by atoms with Crippen molar-refractivity contribution in [2.45, 2.75) is 17.7 Å². The Bertz CT molecular complexity index is 570. The maximum Gasteiger partial charge on any atom is 0.243 e. The Labute approximate surface area is 111 Å². The van der Waals surface area contributed by atoms with Gasteiger partial charge in [0.05, 0.1) is 0 Å². The maximum atomic E-state index is 13.3. The van der Waals surface area contributed by atoms with E-state index in [-0.39, 0.29) is 29.8 Å². The highest BCUT2D eigenvalue weighted by Gasteiger charge is 2.29. The molecular weight excluding hydrogens is 271 g/mol. The van der Waals surface area contributed by atoms with Gasteiger partial charge in [0.25, 0.3) is 0 Å². The van der Waals surface area contributed by atoms with Crippen LogP contribution in [0.5, 0.6) is 0 Å². The number of carbonyl (C=O) groups excluding carboxylic acids is 1. The molecule has 0 atom stereocenters. The fourth-order valence-electron chi connectivity index (χ4n) is 1.60. The van der Waals surface area contributed by atoms with Gasteiger partial charge in [0.15, 0.2) is 0 Å². The van der Waals surface area contributed by atoms with Gasteiger partial charge in [0.2, 0.25) is 15.9 Å². The Morgan fingerprint density at radius 2 is 1.95 bits per heavy atom. The highest BCUT2D eigenvalue weighted by Crippen LogP contribution is 2.28. The molecular formula is C12H15FN2O3S. The molecule has 1 amide bonds. The standard InChI is InChI=1S/C12H15FN2O3S/c13-10-3-1-2-4-11(10)19(17,18)15-8-7-14-12(16)9-5-6-9/h1-4,9,15H,5-8H2,(H,14,16). The Hall–Kier alpha value is -1.47. The smallest absolute Gasteiger partial charge is 0.243 e. The first kappa shape index (κ1) is 14.0. The lowest BCUT2D eigenvalue weighted by Gasteiger charge is -2.08.